The van der Waals surface area contributed by atoms with Gasteiger partial charge in [-0.05, 0) is 36.6 Å². The Kier molecular flexibility index (Phi) is 4.44. The molecule has 3 amide bonds. The molecule has 5 rings (SSSR count). The van der Waals surface area contributed by atoms with Crippen LogP contribution in [0.5, 0.6) is 0 Å². The number of nitrogens with zero attached hydrogens (tertiary/aromatic N) is 1. The van der Waals surface area contributed by atoms with Crippen molar-refractivity contribution in [1.29, 1.82) is 0 Å². The molecule has 2 N–H and O–H groups in total. The van der Waals surface area contributed by atoms with E-state index in [2.05, 4.69) is 10.6 Å². The number of fused-ring (bicyclic) bond motifs is 4. The summed E-state index contributed by atoms with van der Waals surface area (Å²) in [5, 5.41) is 6.23. The van der Waals surface area contributed by atoms with Gasteiger partial charge in [-0.2, -0.15) is 11.8 Å². The summed E-state index contributed by atoms with van der Waals surface area (Å²) in [7, 11) is 0. The summed E-state index contributed by atoms with van der Waals surface area (Å²) in [6.07, 6.45) is 2.58. The summed E-state index contributed by atoms with van der Waals surface area (Å²) in [4.78, 5) is 41.2. The fraction of sp³-hybridized carbons (Fsp3) is 0.318. The standard InChI is InChI=1S/C22H20FN3O3S/c1-30-11-10-15-17-18(20(28)26(19(17)27)16-9-5-3-7-13(16)23)22(25-15)12-6-2-4-8-14(12)24-21(22)29/h2-9,15,17-18,25H,10-11H2,1H3,(H,24,29)/t15-,17+,18-,22-/m0/s1. The molecule has 0 radical (unpaired) electrons. The van der Waals surface area contributed by atoms with E-state index < -0.39 is 35.0 Å². The van der Waals surface area contributed by atoms with E-state index in [4.69, 9.17) is 0 Å². The van der Waals surface area contributed by atoms with E-state index in [-0.39, 0.29) is 17.6 Å². The third-order valence-electron chi connectivity index (χ3n) is 6.35. The first kappa shape index (κ1) is 19.3. The number of imide groups is 1. The highest BCUT2D eigenvalue weighted by Gasteiger charge is 2.70. The Hall–Kier alpha value is -2.71. The van der Waals surface area contributed by atoms with E-state index in [1.807, 2.05) is 18.4 Å². The molecular formula is C22H20FN3O3S. The van der Waals surface area contributed by atoms with Crippen molar-refractivity contribution in [2.75, 3.05) is 22.2 Å². The molecule has 3 aliphatic heterocycles. The number of rotatable bonds is 4. The zero-order chi connectivity index (χ0) is 21.0. The highest BCUT2D eigenvalue weighted by Crippen LogP contribution is 2.54. The quantitative estimate of drug-likeness (QED) is 0.736. The predicted octanol–water partition coefficient (Wildman–Crippen LogP) is 2.50. The van der Waals surface area contributed by atoms with Crippen molar-refractivity contribution < 1.29 is 18.8 Å². The maximum atomic E-state index is 14.5. The second-order valence-corrected chi connectivity index (χ2v) is 8.79. The van der Waals surface area contributed by atoms with Gasteiger partial charge < -0.3 is 5.32 Å². The molecule has 1 spiro atoms. The number of benzene rings is 2. The molecule has 2 fully saturated rings. The molecule has 0 aliphatic carbocycles. The van der Waals surface area contributed by atoms with Crippen LogP contribution >= 0.6 is 11.8 Å². The minimum absolute atomic E-state index is 0.0626. The van der Waals surface area contributed by atoms with E-state index in [0.29, 0.717) is 17.7 Å². The lowest BCUT2D eigenvalue weighted by molar-refractivity contribution is -0.130. The van der Waals surface area contributed by atoms with Crippen LogP contribution in [0.1, 0.15) is 12.0 Å². The number of hydrogen-bond donors (Lipinski definition) is 2. The lowest BCUT2D eigenvalue weighted by Gasteiger charge is -2.29. The third-order valence-corrected chi connectivity index (χ3v) is 6.99. The van der Waals surface area contributed by atoms with Gasteiger partial charge in [0.2, 0.25) is 17.7 Å². The van der Waals surface area contributed by atoms with E-state index in [1.165, 1.54) is 18.2 Å². The van der Waals surface area contributed by atoms with E-state index in [0.717, 1.165) is 10.7 Å². The Morgan fingerprint density at radius 2 is 1.80 bits per heavy atom. The molecule has 2 aromatic carbocycles. The fourth-order valence-electron chi connectivity index (χ4n) is 5.12. The van der Waals surface area contributed by atoms with Crippen LogP contribution in [0, 0.1) is 17.7 Å². The topological polar surface area (TPSA) is 78.5 Å². The summed E-state index contributed by atoms with van der Waals surface area (Å²) in [5.74, 6) is -2.88. The van der Waals surface area contributed by atoms with Crippen molar-refractivity contribution in [3.05, 3.63) is 59.9 Å². The van der Waals surface area contributed by atoms with Crippen LogP contribution < -0.4 is 15.5 Å². The monoisotopic (exact) mass is 425 g/mol. The molecule has 2 saturated heterocycles. The van der Waals surface area contributed by atoms with Crippen LogP contribution in [0.2, 0.25) is 0 Å². The lowest BCUT2D eigenvalue weighted by atomic mass is 9.76. The average Bonchev–Trinajstić information content (AvgIpc) is 3.32. The largest absolute Gasteiger partial charge is 0.324 e. The molecule has 3 aliphatic rings. The average molecular weight is 425 g/mol. The number of carbonyl (C=O) groups is 3. The third kappa shape index (κ3) is 2.43. The molecular weight excluding hydrogens is 405 g/mol. The Balaban J connectivity index is 1.66. The number of halogens is 1. The van der Waals surface area contributed by atoms with Gasteiger partial charge >= 0.3 is 0 Å². The fourth-order valence-corrected chi connectivity index (χ4v) is 5.61. The molecule has 0 saturated carbocycles. The highest BCUT2D eigenvalue weighted by molar-refractivity contribution is 7.98. The second kappa shape index (κ2) is 6.92. The van der Waals surface area contributed by atoms with Crippen LogP contribution in [0.25, 0.3) is 0 Å². The van der Waals surface area contributed by atoms with Crippen LogP contribution in [0.3, 0.4) is 0 Å². The summed E-state index contributed by atoms with van der Waals surface area (Å²) in [6, 6.07) is 12.6. The molecule has 6 nitrogen and oxygen atoms in total. The van der Waals surface area contributed by atoms with Crippen LogP contribution in [-0.4, -0.2) is 35.8 Å². The van der Waals surface area contributed by atoms with Crippen molar-refractivity contribution in [2.45, 2.75) is 18.0 Å². The summed E-state index contributed by atoms with van der Waals surface area (Å²) < 4.78 is 14.5. The summed E-state index contributed by atoms with van der Waals surface area (Å²) in [5.41, 5.74) is -0.110. The molecule has 8 heteroatoms. The zero-order valence-corrected chi connectivity index (χ0v) is 17.0. The first-order chi connectivity index (χ1) is 14.5. The van der Waals surface area contributed by atoms with Crippen LogP contribution in [0.15, 0.2) is 48.5 Å². The minimum atomic E-state index is -1.34. The molecule has 0 unspecified atom stereocenters. The maximum Gasteiger partial charge on any atom is 0.250 e. The number of nitrogens with one attached hydrogen (secondary N) is 2. The Bertz CT molecular complexity index is 1080. The first-order valence-electron chi connectivity index (χ1n) is 9.80. The van der Waals surface area contributed by atoms with Crippen molar-refractivity contribution >= 4 is 40.9 Å². The van der Waals surface area contributed by atoms with E-state index >= 15 is 0 Å². The molecule has 154 valence electrons. The lowest BCUT2D eigenvalue weighted by Crippen LogP contribution is -2.53. The van der Waals surface area contributed by atoms with Gasteiger partial charge in [-0.25, -0.2) is 9.29 Å². The normalized spacial score (nSPS) is 29.5. The number of carbonyl (C=O) groups excluding carboxylic acids is 3. The van der Waals surface area contributed by atoms with Gasteiger partial charge in [-0.1, -0.05) is 30.3 Å². The van der Waals surface area contributed by atoms with E-state index in [9.17, 15) is 18.8 Å². The molecule has 2 aromatic rings. The van der Waals surface area contributed by atoms with Crippen molar-refractivity contribution in [3.63, 3.8) is 0 Å². The van der Waals surface area contributed by atoms with Crippen molar-refractivity contribution in [2.24, 2.45) is 11.8 Å². The number of thioether (sulfide) groups is 1. The Labute approximate surface area is 177 Å². The van der Waals surface area contributed by atoms with Gasteiger partial charge in [0.1, 0.15) is 11.4 Å². The number of anilines is 2. The molecule has 30 heavy (non-hydrogen) atoms. The van der Waals surface area contributed by atoms with Gasteiger partial charge in [-0.3, -0.25) is 19.7 Å². The SMILES string of the molecule is CSCC[C@@H]1N[C@]2(C(=O)Nc3ccccc32)[C@@H]2C(=O)N(c3ccccc3F)C(=O)[C@H]12. The van der Waals surface area contributed by atoms with Gasteiger partial charge in [0.25, 0.3) is 0 Å². The van der Waals surface area contributed by atoms with Gasteiger partial charge in [0.05, 0.1) is 17.5 Å². The van der Waals surface area contributed by atoms with E-state index in [1.54, 1.807) is 30.0 Å². The molecule has 0 bridgehead atoms. The Morgan fingerprint density at radius 3 is 2.57 bits per heavy atom. The number of para-hydroxylation sites is 2. The van der Waals surface area contributed by atoms with Crippen LogP contribution in [-0.2, 0) is 19.9 Å². The Morgan fingerprint density at radius 1 is 1.07 bits per heavy atom. The van der Waals surface area contributed by atoms with Gasteiger partial charge in [0, 0.05) is 17.3 Å². The van der Waals surface area contributed by atoms with Gasteiger partial charge in [-0.15, -0.1) is 0 Å². The summed E-state index contributed by atoms with van der Waals surface area (Å²) in [6.45, 7) is 0. The molecule has 3 heterocycles. The van der Waals surface area contributed by atoms with Crippen molar-refractivity contribution in [3.8, 4) is 0 Å². The maximum absolute atomic E-state index is 14.5. The smallest absolute Gasteiger partial charge is 0.250 e. The second-order valence-electron chi connectivity index (χ2n) is 7.81. The zero-order valence-electron chi connectivity index (χ0n) is 16.2. The molecule has 4 atom stereocenters. The minimum Gasteiger partial charge on any atom is -0.324 e. The highest BCUT2D eigenvalue weighted by atomic mass is 32.2. The number of amides is 3. The predicted molar refractivity (Wildman–Crippen MR) is 113 cm³/mol. The number of hydrogen-bond acceptors (Lipinski definition) is 5. The van der Waals surface area contributed by atoms with Gasteiger partial charge in [0.15, 0.2) is 0 Å². The van der Waals surface area contributed by atoms with Crippen LogP contribution in [0.4, 0.5) is 15.8 Å². The first-order valence-corrected chi connectivity index (χ1v) is 11.2. The van der Waals surface area contributed by atoms with Crippen molar-refractivity contribution in [1.82, 2.24) is 5.32 Å². The molecule has 0 aromatic heterocycles. The summed E-state index contributed by atoms with van der Waals surface area (Å²) >= 11 is 1.63.